The number of halogens is 1. The predicted octanol–water partition coefficient (Wildman–Crippen LogP) is 0.473. The van der Waals surface area contributed by atoms with Crippen LogP contribution in [0.1, 0.15) is 10.4 Å². The Morgan fingerprint density at radius 3 is 2.47 bits per heavy atom. The molecule has 0 aromatic heterocycles. The molecule has 0 aliphatic carbocycles. The Balaban J connectivity index is 2.78. The summed E-state index contributed by atoms with van der Waals surface area (Å²) in [7, 11) is 0. The molecule has 1 aromatic rings. The van der Waals surface area contributed by atoms with E-state index in [1.807, 2.05) is 5.32 Å². The molecule has 0 fully saturated rings. The summed E-state index contributed by atoms with van der Waals surface area (Å²) < 4.78 is 0. The maximum absolute atomic E-state index is 11.4. The molecule has 1 atom stereocenters. The molecule has 0 saturated heterocycles. The van der Waals surface area contributed by atoms with Gasteiger partial charge in [0.2, 0.25) is 6.23 Å². The minimum Gasteiger partial charge on any atom is -0.478 e. The molecule has 0 aliphatic heterocycles. The van der Waals surface area contributed by atoms with E-state index in [1.54, 1.807) is 12.1 Å². The van der Waals surface area contributed by atoms with Gasteiger partial charge in [-0.3, -0.25) is 4.79 Å². The number of benzene rings is 1. The highest BCUT2D eigenvalue weighted by Crippen LogP contribution is 2.14. The standard InChI is InChI=1S/C9H8ClNO4/c10-6-4-2-1-3-5(6)7(12)11-8(13)9(14)15/h1-4,8,13H,(H,11,12)(H,14,15). The number of nitrogens with one attached hydrogen (secondary N) is 1. The van der Waals surface area contributed by atoms with Gasteiger partial charge in [-0.15, -0.1) is 0 Å². The van der Waals surface area contributed by atoms with Crippen molar-refractivity contribution in [1.82, 2.24) is 5.32 Å². The number of hydrogen-bond donors (Lipinski definition) is 3. The number of aliphatic hydroxyl groups is 1. The SMILES string of the molecule is O=C(NC(O)C(=O)O)c1ccccc1Cl. The zero-order valence-electron chi connectivity index (χ0n) is 7.48. The Morgan fingerprint density at radius 1 is 1.33 bits per heavy atom. The van der Waals surface area contributed by atoms with Gasteiger partial charge in [-0.25, -0.2) is 4.79 Å². The van der Waals surface area contributed by atoms with Gasteiger partial charge in [0.05, 0.1) is 10.6 Å². The Kier molecular flexibility index (Phi) is 3.65. The van der Waals surface area contributed by atoms with E-state index in [2.05, 4.69) is 0 Å². The number of carbonyl (C=O) groups is 2. The van der Waals surface area contributed by atoms with Crippen molar-refractivity contribution >= 4 is 23.5 Å². The Morgan fingerprint density at radius 2 is 1.93 bits per heavy atom. The monoisotopic (exact) mass is 229 g/mol. The first-order chi connectivity index (χ1) is 7.02. The maximum Gasteiger partial charge on any atom is 0.353 e. The Bertz CT molecular complexity index is 393. The molecule has 1 amide bonds. The minimum atomic E-state index is -1.94. The highest BCUT2D eigenvalue weighted by molar-refractivity contribution is 6.33. The average Bonchev–Trinajstić information content (AvgIpc) is 2.18. The quantitative estimate of drug-likeness (QED) is 0.658. The van der Waals surface area contributed by atoms with Crippen LogP contribution in [0, 0.1) is 0 Å². The third-order valence-corrected chi connectivity index (χ3v) is 1.95. The van der Waals surface area contributed by atoms with E-state index in [0.29, 0.717) is 0 Å². The number of carboxylic acids is 1. The summed E-state index contributed by atoms with van der Waals surface area (Å²) in [6.07, 6.45) is -1.94. The first-order valence-corrected chi connectivity index (χ1v) is 4.36. The van der Waals surface area contributed by atoms with Crippen LogP contribution < -0.4 is 5.32 Å². The fourth-order valence-corrected chi connectivity index (χ4v) is 1.13. The molecule has 3 N–H and O–H groups in total. The fourth-order valence-electron chi connectivity index (χ4n) is 0.909. The van der Waals surface area contributed by atoms with Crippen molar-refractivity contribution in [2.24, 2.45) is 0 Å². The largest absolute Gasteiger partial charge is 0.478 e. The smallest absolute Gasteiger partial charge is 0.353 e. The number of aliphatic hydroxyl groups excluding tert-OH is 1. The summed E-state index contributed by atoms with van der Waals surface area (Å²) >= 11 is 5.69. The van der Waals surface area contributed by atoms with Crippen LogP contribution in [0.2, 0.25) is 5.02 Å². The van der Waals surface area contributed by atoms with Crippen molar-refractivity contribution in [3.8, 4) is 0 Å². The van der Waals surface area contributed by atoms with Gasteiger partial charge < -0.3 is 15.5 Å². The molecule has 15 heavy (non-hydrogen) atoms. The summed E-state index contributed by atoms with van der Waals surface area (Å²) in [5.74, 6) is -2.27. The lowest BCUT2D eigenvalue weighted by Crippen LogP contribution is -2.40. The summed E-state index contributed by atoms with van der Waals surface area (Å²) in [4.78, 5) is 21.6. The van der Waals surface area contributed by atoms with Crippen LogP contribution in [-0.4, -0.2) is 28.3 Å². The number of carboxylic acid groups (broad SMARTS) is 1. The fraction of sp³-hybridized carbons (Fsp3) is 0.111. The third kappa shape index (κ3) is 2.93. The molecule has 0 bridgehead atoms. The number of hydrogen-bond acceptors (Lipinski definition) is 3. The Hall–Kier alpha value is -1.59. The first kappa shape index (κ1) is 11.5. The predicted molar refractivity (Wildman–Crippen MR) is 52.6 cm³/mol. The van der Waals surface area contributed by atoms with Gasteiger partial charge in [0.15, 0.2) is 0 Å². The summed E-state index contributed by atoms with van der Waals surface area (Å²) in [5.41, 5.74) is 0.111. The van der Waals surface area contributed by atoms with Gasteiger partial charge in [0.1, 0.15) is 0 Å². The van der Waals surface area contributed by atoms with E-state index in [1.165, 1.54) is 12.1 Å². The molecule has 0 saturated carbocycles. The van der Waals surface area contributed by atoms with Crippen molar-refractivity contribution in [3.05, 3.63) is 34.9 Å². The van der Waals surface area contributed by atoms with Gasteiger partial charge in [0.25, 0.3) is 5.91 Å². The highest BCUT2D eigenvalue weighted by Gasteiger charge is 2.18. The molecule has 1 rings (SSSR count). The second-order valence-corrected chi connectivity index (χ2v) is 3.10. The van der Waals surface area contributed by atoms with E-state index < -0.39 is 18.1 Å². The lowest BCUT2D eigenvalue weighted by atomic mass is 10.2. The number of aliphatic carboxylic acids is 1. The third-order valence-electron chi connectivity index (χ3n) is 1.62. The minimum absolute atomic E-state index is 0.111. The molecule has 80 valence electrons. The topological polar surface area (TPSA) is 86.6 Å². The van der Waals surface area contributed by atoms with Crippen molar-refractivity contribution in [2.45, 2.75) is 6.23 Å². The van der Waals surface area contributed by atoms with E-state index in [9.17, 15) is 9.59 Å². The lowest BCUT2D eigenvalue weighted by molar-refractivity contribution is -0.147. The van der Waals surface area contributed by atoms with Crippen LogP contribution in [0.3, 0.4) is 0 Å². The Labute approximate surface area is 90.3 Å². The van der Waals surface area contributed by atoms with Crippen LogP contribution >= 0.6 is 11.6 Å². The average molecular weight is 230 g/mol. The van der Waals surface area contributed by atoms with Crippen LogP contribution in [0.5, 0.6) is 0 Å². The lowest BCUT2D eigenvalue weighted by Gasteiger charge is -2.08. The maximum atomic E-state index is 11.4. The van der Waals surface area contributed by atoms with Crippen LogP contribution in [0.25, 0.3) is 0 Å². The van der Waals surface area contributed by atoms with Crippen molar-refractivity contribution in [1.29, 1.82) is 0 Å². The molecule has 1 aromatic carbocycles. The zero-order chi connectivity index (χ0) is 11.4. The molecule has 0 spiro atoms. The molecular weight excluding hydrogens is 222 g/mol. The van der Waals surface area contributed by atoms with Crippen LogP contribution in [0.15, 0.2) is 24.3 Å². The molecule has 5 nitrogen and oxygen atoms in total. The number of rotatable bonds is 3. The summed E-state index contributed by atoms with van der Waals surface area (Å²) in [6, 6.07) is 6.12. The molecule has 0 aliphatic rings. The van der Waals surface area contributed by atoms with E-state index in [0.717, 1.165) is 0 Å². The second kappa shape index (κ2) is 4.77. The van der Waals surface area contributed by atoms with E-state index >= 15 is 0 Å². The molecule has 1 unspecified atom stereocenters. The van der Waals surface area contributed by atoms with Gasteiger partial charge >= 0.3 is 5.97 Å². The van der Waals surface area contributed by atoms with Crippen molar-refractivity contribution < 1.29 is 19.8 Å². The van der Waals surface area contributed by atoms with Crippen molar-refractivity contribution in [2.75, 3.05) is 0 Å². The van der Waals surface area contributed by atoms with Gasteiger partial charge in [-0.2, -0.15) is 0 Å². The molecule has 0 radical (unpaired) electrons. The van der Waals surface area contributed by atoms with E-state index in [-0.39, 0.29) is 10.6 Å². The van der Waals surface area contributed by atoms with Crippen LogP contribution in [0.4, 0.5) is 0 Å². The normalized spacial score (nSPS) is 11.9. The summed E-state index contributed by atoms with van der Waals surface area (Å²) in [6.45, 7) is 0. The number of amides is 1. The van der Waals surface area contributed by atoms with Crippen LogP contribution in [-0.2, 0) is 4.79 Å². The van der Waals surface area contributed by atoms with Crippen molar-refractivity contribution in [3.63, 3.8) is 0 Å². The zero-order valence-corrected chi connectivity index (χ0v) is 8.23. The van der Waals surface area contributed by atoms with Gasteiger partial charge in [-0.1, -0.05) is 23.7 Å². The second-order valence-electron chi connectivity index (χ2n) is 2.69. The van der Waals surface area contributed by atoms with E-state index in [4.69, 9.17) is 21.8 Å². The van der Waals surface area contributed by atoms with Gasteiger partial charge in [0, 0.05) is 0 Å². The molecule has 6 heteroatoms. The molecule has 0 heterocycles. The first-order valence-electron chi connectivity index (χ1n) is 3.98. The molecular formula is C9H8ClNO4. The number of carbonyl (C=O) groups excluding carboxylic acids is 1. The summed E-state index contributed by atoms with van der Waals surface area (Å²) in [5, 5.41) is 19.3. The highest BCUT2D eigenvalue weighted by atomic mass is 35.5. The van der Waals surface area contributed by atoms with Gasteiger partial charge in [-0.05, 0) is 12.1 Å².